The van der Waals surface area contributed by atoms with E-state index in [9.17, 15) is 13.2 Å². The highest BCUT2D eigenvalue weighted by atomic mass is 32.2. The Labute approximate surface area is 143 Å². The number of carbonyl (C=O) groups excluding carboxylic acids is 1. The maximum absolute atomic E-state index is 12.2. The second-order valence-corrected chi connectivity index (χ2v) is 7.96. The van der Waals surface area contributed by atoms with Gasteiger partial charge in [0, 0.05) is 20.2 Å². The predicted molar refractivity (Wildman–Crippen MR) is 90.7 cm³/mol. The van der Waals surface area contributed by atoms with Gasteiger partial charge in [-0.15, -0.1) is 0 Å². The van der Waals surface area contributed by atoms with Crippen molar-refractivity contribution >= 4 is 21.7 Å². The smallest absolute Gasteiger partial charge is 0.349 e. The quantitative estimate of drug-likeness (QED) is 0.593. The highest BCUT2D eigenvalue weighted by molar-refractivity contribution is 7.89. The van der Waals surface area contributed by atoms with Gasteiger partial charge in [0.1, 0.15) is 5.75 Å². The average Bonchev–Trinajstić information content (AvgIpc) is 2.57. The second-order valence-electron chi connectivity index (χ2n) is 5.81. The van der Waals surface area contributed by atoms with Crippen molar-refractivity contribution < 1.29 is 22.7 Å². The molecular formula is C16H24N2O5S. The largest absolute Gasteiger partial charge is 0.475 e. The summed E-state index contributed by atoms with van der Waals surface area (Å²) < 4.78 is 36.4. The second kappa shape index (κ2) is 7.85. The molecule has 0 radical (unpaired) electrons. The van der Waals surface area contributed by atoms with Crippen molar-refractivity contribution in [1.29, 1.82) is 0 Å². The Bertz CT molecular complexity index is 688. The molecule has 24 heavy (non-hydrogen) atoms. The van der Waals surface area contributed by atoms with Crippen LogP contribution in [-0.2, 0) is 19.6 Å². The van der Waals surface area contributed by atoms with Crippen LogP contribution in [0.2, 0.25) is 0 Å². The summed E-state index contributed by atoms with van der Waals surface area (Å²) in [6.07, 6.45) is 2.10. The molecule has 1 aromatic rings. The van der Waals surface area contributed by atoms with Crippen LogP contribution in [0.5, 0.6) is 5.75 Å². The molecule has 1 unspecified atom stereocenters. The van der Waals surface area contributed by atoms with Gasteiger partial charge in [-0.25, -0.2) is 17.5 Å². The minimum Gasteiger partial charge on any atom is -0.475 e. The summed E-state index contributed by atoms with van der Waals surface area (Å²) in [6, 6.07) is 4.57. The van der Waals surface area contributed by atoms with Crippen molar-refractivity contribution in [2.75, 3.05) is 32.6 Å². The van der Waals surface area contributed by atoms with Crippen molar-refractivity contribution in [3.63, 3.8) is 0 Å². The fourth-order valence-corrected chi connectivity index (χ4v) is 3.18. The maximum Gasteiger partial charge on any atom is 0.349 e. The standard InChI is InChI=1S/C16H24N2O5S/c1-4-5-6-9-22-16(19)15-11-17-13-8-7-12(10-14(13)23-15)24(20,21)18(2)3/h7-8,10,15,17H,4-6,9,11H2,1-3H3. The third kappa shape index (κ3) is 4.18. The summed E-state index contributed by atoms with van der Waals surface area (Å²) in [5.74, 6) is -0.107. The number of sulfonamides is 1. The topological polar surface area (TPSA) is 84.9 Å². The molecule has 0 aromatic heterocycles. The predicted octanol–water partition coefficient (Wildman–Crippen LogP) is 1.84. The van der Waals surface area contributed by atoms with Gasteiger partial charge < -0.3 is 14.8 Å². The number of carbonyl (C=O) groups is 1. The van der Waals surface area contributed by atoms with Crippen LogP contribution in [-0.4, -0.2) is 52.0 Å². The molecule has 1 aliphatic heterocycles. The number of nitrogens with zero attached hydrogens (tertiary/aromatic N) is 1. The summed E-state index contributed by atoms with van der Waals surface area (Å²) in [5, 5.41) is 3.07. The number of benzene rings is 1. The number of rotatable bonds is 7. The van der Waals surface area contributed by atoms with Crippen molar-refractivity contribution in [2.45, 2.75) is 37.2 Å². The molecule has 1 aliphatic rings. The van der Waals surface area contributed by atoms with E-state index < -0.39 is 22.1 Å². The number of hydrogen-bond donors (Lipinski definition) is 1. The Kier molecular flexibility index (Phi) is 6.06. The monoisotopic (exact) mass is 356 g/mol. The fourth-order valence-electron chi connectivity index (χ4n) is 2.26. The molecule has 1 N–H and O–H groups in total. The van der Waals surface area contributed by atoms with Gasteiger partial charge in [-0.05, 0) is 18.6 Å². The van der Waals surface area contributed by atoms with Crippen LogP contribution in [0.15, 0.2) is 23.1 Å². The molecule has 7 nitrogen and oxygen atoms in total. The van der Waals surface area contributed by atoms with E-state index in [4.69, 9.17) is 9.47 Å². The first kappa shape index (κ1) is 18.5. The van der Waals surface area contributed by atoms with E-state index >= 15 is 0 Å². The lowest BCUT2D eigenvalue weighted by Gasteiger charge is -2.26. The summed E-state index contributed by atoms with van der Waals surface area (Å²) in [5.41, 5.74) is 0.655. The fraction of sp³-hybridized carbons (Fsp3) is 0.562. The minimum absolute atomic E-state index is 0.116. The SMILES string of the molecule is CCCCCOC(=O)C1CNc2ccc(S(=O)(=O)N(C)C)cc2O1. The van der Waals surface area contributed by atoms with Gasteiger partial charge in [-0.1, -0.05) is 19.8 Å². The summed E-state index contributed by atoms with van der Waals surface area (Å²) >= 11 is 0. The first-order valence-corrected chi connectivity index (χ1v) is 9.44. The Balaban J connectivity index is 2.08. The van der Waals surface area contributed by atoms with E-state index in [0.29, 0.717) is 24.6 Å². The summed E-state index contributed by atoms with van der Waals surface area (Å²) in [6.45, 7) is 2.74. The zero-order chi connectivity index (χ0) is 17.7. The Morgan fingerprint density at radius 3 is 2.79 bits per heavy atom. The van der Waals surface area contributed by atoms with Gasteiger partial charge in [-0.2, -0.15) is 0 Å². The summed E-state index contributed by atoms with van der Waals surface area (Å²) in [7, 11) is -0.634. The number of nitrogens with one attached hydrogen (secondary N) is 1. The lowest BCUT2D eigenvalue weighted by Crippen LogP contribution is -2.39. The number of unbranched alkanes of at least 4 members (excludes halogenated alkanes) is 2. The molecule has 0 fully saturated rings. The Morgan fingerprint density at radius 2 is 2.12 bits per heavy atom. The third-order valence-corrected chi connectivity index (χ3v) is 5.54. The van der Waals surface area contributed by atoms with Crippen molar-refractivity contribution in [3.05, 3.63) is 18.2 Å². The molecular weight excluding hydrogens is 332 g/mol. The van der Waals surface area contributed by atoms with E-state index in [0.717, 1.165) is 23.6 Å². The molecule has 2 rings (SSSR count). The van der Waals surface area contributed by atoms with Crippen LogP contribution < -0.4 is 10.1 Å². The van der Waals surface area contributed by atoms with Crippen LogP contribution in [0.25, 0.3) is 0 Å². The van der Waals surface area contributed by atoms with Gasteiger partial charge in [0.2, 0.25) is 16.1 Å². The van der Waals surface area contributed by atoms with Gasteiger partial charge in [0.25, 0.3) is 0 Å². The van der Waals surface area contributed by atoms with Crippen molar-refractivity contribution in [2.24, 2.45) is 0 Å². The average molecular weight is 356 g/mol. The first-order valence-electron chi connectivity index (χ1n) is 8.00. The zero-order valence-electron chi connectivity index (χ0n) is 14.2. The van der Waals surface area contributed by atoms with E-state index in [2.05, 4.69) is 12.2 Å². The van der Waals surface area contributed by atoms with Crippen molar-refractivity contribution in [1.82, 2.24) is 4.31 Å². The van der Waals surface area contributed by atoms with Gasteiger partial charge in [0.05, 0.1) is 23.7 Å². The number of hydrogen-bond acceptors (Lipinski definition) is 6. The molecule has 1 heterocycles. The first-order chi connectivity index (χ1) is 11.4. The number of ether oxygens (including phenoxy) is 2. The Hall–Kier alpha value is -1.80. The molecule has 0 bridgehead atoms. The maximum atomic E-state index is 12.2. The van der Waals surface area contributed by atoms with E-state index in [1.54, 1.807) is 6.07 Å². The number of esters is 1. The van der Waals surface area contributed by atoms with Crippen molar-refractivity contribution in [3.8, 4) is 5.75 Å². The van der Waals surface area contributed by atoms with Gasteiger partial charge in [0.15, 0.2) is 0 Å². The van der Waals surface area contributed by atoms with Crippen LogP contribution >= 0.6 is 0 Å². The van der Waals surface area contributed by atoms with Gasteiger partial charge >= 0.3 is 5.97 Å². The summed E-state index contributed by atoms with van der Waals surface area (Å²) in [4.78, 5) is 12.2. The van der Waals surface area contributed by atoms with E-state index in [1.165, 1.54) is 26.2 Å². The highest BCUT2D eigenvalue weighted by Crippen LogP contribution is 2.32. The molecule has 0 amide bonds. The molecule has 0 spiro atoms. The molecule has 8 heteroatoms. The normalized spacial score (nSPS) is 16.9. The van der Waals surface area contributed by atoms with Crippen LogP contribution in [0.4, 0.5) is 5.69 Å². The molecule has 0 saturated heterocycles. The highest BCUT2D eigenvalue weighted by Gasteiger charge is 2.29. The van der Waals surface area contributed by atoms with Gasteiger partial charge in [-0.3, -0.25) is 0 Å². The van der Waals surface area contributed by atoms with Crippen LogP contribution in [0, 0.1) is 0 Å². The van der Waals surface area contributed by atoms with E-state index in [-0.39, 0.29) is 4.90 Å². The molecule has 0 saturated carbocycles. The molecule has 0 aliphatic carbocycles. The van der Waals surface area contributed by atoms with Crippen LogP contribution in [0.3, 0.4) is 0 Å². The van der Waals surface area contributed by atoms with Crippen LogP contribution in [0.1, 0.15) is 26.2 Å². The lowest BCUT2D eigenvalue weighted by molar-refractivity contribution is -0.151. The number of fused-ring (bicyclic) bond motifs is 1. The number of anilines is 1. The minimum atomic E-state index is -3.56. The molecule has 134 valence electrons. The third-order valence-electron chi connectivity index (χ3n) is 3.73. The molecule has 1 aromatic carbocycles. The Morgan fingerprint density at radius 1 is 1.38 bits per heavy atom. The zero-order valence-corrected chi connectivity index (χ0v) is 15.1. The van der Waals surface area contributed by atoms with E-state index in [1.807, 2.05) is 0 Å². The molecule has 1 atom stereocenters. The lowest BCUT2D eigenvalue weighted by atomic mass is 10.2.